The van der Waals surface area contributed by atoms with Crippen LogP contribution in [0, 0.1) is 5.41 Å². The van der Waals surface area contributed by atoms with Crippen LogP contribution in [0.5, 0.6) is 0 Å². The van der Waals surface area contributed by atoms with Gasteiger partial charge in [0, 0.05) is 25.0 Å². The quantitative estimate of drug-likeness (QED) is 0.795. The first-order chi connectivity index (χ1) is 8.84. The summed E-state index contributed by atoms with van der Waals surface area (Å²) in [6.45, 7) is 5.91. The molecular formula is C13H21N3O3. The monoisotopic (exact) mass is 267 g/mol. The summed E-state index contributed by atoms with van der Waals surface area (Å²) in [5, 5.41) is 11.9. The molecule has 2 N–H and O–H groups in total. The number of nitrogens with zero attached hydrogens (tertiary/aromatic N) is 2. The molecule has 0 bridgehead atoms. The molecule has 0 aliphatic carbocycles. The van der Waals surface area contributed by atoms with Crippen LogP contribution in [0.1, 0.15) is 27.2 Å². The van der Waals surface area contributed by atoms with Crippen LogP contribution in [0.3, 0.4) is 0 Å². The molecule has 1 rings (SSSR count). The minimum absolute atomic E-state index is 0.00899. The van der Waals surface area contributed by atoms with Gasteiger partial charge >= 0.3 is 5.69 Å². The summed E-state index contributed by atoms with van der Waals surface area (Å²) in [4.78, 5) is 26.9. The maximum atomic E-state index is 11.9. The van der Waals surface area contributed by atoms with E-state index in [2.05, 4.69) is 10.3 Å². The molecular weight excluding hydrogens is 246 g/mol. The van der Waals surface area contributed by atoms with E-state index < -0.39 is 5.69 Å². The van der Waals surface area contributed by atoms with Crippen molar-refractivity contribution in [3.63, 3.8) is 0 Å². The zero-order valence-electron chi connectivity index (χ0n) is 11.6. The highest BCUT2D eigenvalue weighted by Gasteiger charge is 2.25. The normalized spacial score (nSPS) is 13.1. The number of aliphatic hydroxyl groups is 1. The van der Waals surface area contributed by atoms with Crippen LogP contribution in [0.15, 0.2) is 23.3 Å². The van der Waals surface area contributed by atoms with E-state index in [1.807, 2.05) is 20.8 Å². The highest BCUT2D eigenvalue weighted by molar-refractivity contribution is 5.76. The number of carbonyl (C=O) groups is 1. The molecule has 0 aromatic carbocycles. The number of carbonyl (C=O) groups excluding carboxylic acids is 1. The van der Waals surface area contributed by atoms with E-state index in [0.29, 0.717) is 6.42 Å². The lowest BCUT2D eigenvalue weighted by Crippen LogP contribution is -2.46. The van der Waals surface area contributed by atoms with Crippen LogP contribution in [0.25, 0.3) is 0 Å². The summed E-state index contributed by atoms with van der Waals surface area (Å²) in [5.41, 5.74) is -0.606. The highest BCUT2D eigenvalue weighted by atomic mass is 16.3. The average Bonchev–Trinajstić information content (AvgIpc) is 2.30. The Balaban J connectivity index is 2.69. The molecule has 0 radical (unpaired) electrons. The Kier molecular flexibility index (Phi) is 5.23. The van der Waals surface area contributed by atoms with Crippen LogP contribution < -0.4 is 11.0 Å². The van der Waals surface area contributed by atoms with E-state index in [1.165, 1.54) is 17.0 Å². The Bertz CT molecular complexity index is 477. The number of nitrogens with one attached hydrogen (secondary N) is 1. The van der Waals surface area contributed by atoms with Crippen molar-refractivity contribution in [3.05, 3.63) is 28.9 Å². The number of hydrogen-bond acceptors (Lipinski definition) is 4. The number of rotatable bonds is 5. The van der Waals surface area contributed by atoms with Crippen LogP contribution >= 0.6 is 0 Å². The van der Waals surface area contributed by atoms with E-state index in [0.717, 1.165) is 0 Å². The van der Waals surface area contributed by atoms with E-state index in [9.17, 15) is 9.59 Å². The third-order valence-corrected chi connectivity index (χ3v) is 2.90. The summed E-state index contributed by atoms with van der Waals surface area (Å²) in [6.07, 6.45) is 3.39. The van der Waals surface area contributed by atoms with Gasteiger partial charge in [-0.1, -0.05) is 20.8 Å². The fourth-order valence-corrected chi connectivity index (χ4v) is 1.75. The fourth-order valence-electron chi connectivity index (χ4n) is 1.75. The lowest BCUT2D eigenvalue weighted by Gasteiger charge is -2.31. The molecule has 0 aliphatic heterocycles. The maximum absolute atomic E-state index is 11.9. The Morgan fingerprint density at radius 2 is 2.21 bits per heavy atom. The molecule has 1 aromatic heterocycles. The fraction of sp³-hybridized carbons (Fsp3) is 0.615. The predicted octanol–water partition coefficient (Wildman–Crippen LogP) is 0.157. The van der Waals surface area contributed by atoms with Crippen molar-refractivity contribution >= 4 is 5.91 Å². The van der Waals surface area contributed by atoms with Gasteiger partial charge < -0.3 is 10.4 Å². The molecule has 1 unspecified atom stereocenters. The number of aliphatic hydroxyl groups excluding tert-OH is 1. The molecule has 0 aliphatic rings. The van der Waals surface area contributed by atoms with Crippen molar-refractivity contribution < 1.29 is 9.90 Å². The Hall–Kier alpha value is -1.69. The van der Waals surface area contributed by atoms with Crippen molar-refractivity contribution in [1.29, 1.82) is 0 Å². The third kappa shape index (κ3) is 4.82. The van der Waals surface area contributed by atoms with Crippen molar-refractivity contribution in [2.24, 2.45) is 5.41 Å². The van der Waals surface area contributed by atoms with E-state index in [4.69, 9.17) is 5.11 Å². The molecule has 0 saturated heterocycles. The second-order valence-electron chi connectivity index (χ2n) is 5.53. The Labute approximate surface area is 112 Å². The molecule has 19 heavy (non-hydrogen) atoms. The second kappa shape index (κ2) is 6.47. The summed E-state index contributed by atoms with van der Waals surface area (Å²) in [5.74, 6) is -0.261. The molecule has 6 nitrogen and oxygen atoms in total. The van der Waals surface area contributed by atoms with Crippen molar-refractivity contribution in [2.75, 3.05) is 6.61 Å². The number of hydrogen-bond donors (Lipinski definition) is 2. The van der Waals surface area contributed by atoms with Crippen molar-refractivity contribution in [1.82, 2.24) is 14.9 Å². The van der Waals surface area contributed by atoms with E-state index >= 15 is 0 Å². The Morgan fingerprint density at radius 3 is 2.74 bits per heavy atom. The maximum Gasteiger partial charge on any atom is 0.347 e. The summed E-state index contributed by atoms with van der Waals surface area (Å²) in [6, 6.07) is 1.46. The van der Waals surface area contributed by atoms with Crippen LogP contribution in [0.2, 0.25) is 0 Å². The SMILES string of the molecule is CC(C)(C)C(CCO)NC(=O)Cn1cccnc1=O. The predicted molar refractivity (Wildman–Crippen MR) is 71.6 cm³/mol. The van der Waals surface area contributed by atoms with Crippen LogP contribution in [0.4, 0.5) is 0 Å². The van der Waals surface area contributed by atoms with Gasteiger partial charge in [0.05, 0.1) is 0 Å². The van der Waals surface area contributed by atoms with Gasteiger partial charge in [-0.3, -0.25) is 9.36 Å². The molecule has 0 fully saturated rings. The molecule has 0 saturated carbocycles. The van der Waals surface area contributed by atoms with Crippen LogP contribution in [-0.4, -0.2) is 33.2 Å². The molecule has 1 atom stereocenters. The molecule has 6 heteroatoms. The third-order valence-electron chi connectivity index (χ3n) is 2.90. The minimum Gasteiger partial charge on any atom is -0.396 e. The first kappa shape index (κ1) is 15.4. The lowest BCUT2D eigenvalue weighted by molar-refractivity contribution is -0.123. The van der Waals surface area contributed by atoms with Gasteiger partial charge in [-0.05, 0) is 17.9 Å². The van der Waals surface area contributed by atoms with Crippen molar-refractivity contribution in [3.8, 4) is 0 Å². The van der Waals surface area contributed by atoms with E-state index in [-0.39, 0.29) is 30.5 Å². The summed E-state index contributed by atoms with van der Waals surface area (Å²) < 4.78 is 1.24. The lowest BCUT2D eigenvalue weighted by atomic mass is 9.85. The van der Waals surface area contributed by atoms with Gasteiger partial charge in [-0.25, -0.2) is 9.78 Å². The number of aromatic nitrogens is 2. The van der Waals surface area contributed by atoms with Gasteiger partial charge in [-0.2, -0.15) is 0 Å². The summed E-state index contributed by atoms with van der Waals surface area (Å²) in [7, 11) is 0. The van der Waals surface area contributed by atoms with Gasteiger partial charge in [0.1, 0.15) is 6.54 Å². The molecule has 1 aromatic rings. The largest absolute Gasteiger partial charge is 0.396 e. The zero-order chi connectivity index (χ0) is 14.5. The Morgan fingerprint density at radius 1 is 1.53 bits per heavy atom. The zero-order valence-corrected chi connectivity index (χ0v) is 11.6. The van der Waals surface area contributed by atoms with Gasteiger partial charge in [-0.15, -0.1) is 0 Å². The number of amides is 1. The minimum atomic E-state index is -0.452. The highest BCUT2D eigenvalue weighted by Crippen LogP contribution is 2.21. The first-order valence-corrected chi connectivity index (χ1v) is 6.26. The van der Waals surface area contributed by atoms with Gasteiger partial charge in [0.15, 0.2) is 0 Å². The van der Waals surface area contributed by atoms with Gasteiger partial charge in [0.25, 0.3) is 0 Å². The average molecular weight is 267 g/mol. The molecule has 106 valence electrons. The first-order valence-electron chi connectivity index (χ1n) is 6.26. The molecule has 1 heterocycles. The van der Waals surface area contributed by atoms with Crippen LogP contribution in [-0.2, 0) is 11.3 Å². The van der Waals surface area contributed by atoms with Crippen molar-refractivity contribution in [2.45, 2.75) is 39.8 Å². The standard InChI is InChI=1S/C13H21N3O3/c1-13(2,3)10(5-8-17)15-11(18)9-16-7-4-6-14-12(16)19/h4,6-7,10,17H,5,8-9H2,1-3H3,(H,15,18). The smallest absolute Gasteiger partial charge is 0.347 e. The molecule has 0 spiro atoms. The summed E-state index contributed by atoms with van der Waals surface area (Å²) >= 11 is 0. The van der Waals surface area contributed by atoms with E-state index in [1.54, 1.807) is 6.07 Å². The van der Waals surface area contributed by atoms with Gasteiger partial charge in [0.2, 0.25) is 5.91 Å². The molecule has 1 amide bonds. The topological polar surface area (TPSA) is 84.2 Å². The second-order valence-corrected chi connectivity index (χ2v) is 5.53.